The van der Waals surface area contributed by atoms with Gasteiger partial charge in [-0.3, -0.25) is 4.98 Å². The molecule has 0 aliphatic rings. The van der Waals surface area contributed by atoms with Crippen LogP contribution in [0.3, 0.4) is 0 Å². The largest absolute Gasteiger partial charge is 0.392 e. The van der Waals surface area contributed by atoms with Crippen molar-refractivity contribution in [2.24, 2.45) is 0 Å². The Morgan fingerprint density at radius 2 is 2.14 bits per heavy atom. The van der Waals surface area contributed by atoms with E-state index in [1.165, 1.54) is 11.1 Å². The van der Waals surface area contributed by atoms with Gasteiger partial charge in [-0.2, -0.15) is 11.8 Å². The lowest BCUT2D eigenvalue weighted by Crippen LogP contribution is -2.15. The van der Waals surface area contributed by atoms with Crippen molar-refractivity contribution in [1.29, 1.82) is 0 Å². The summed E-state index contributed by atoms with van der Waals surface area (Å²) in [5.41, 5.74) is 2.41. The van der Waals surface area contributed by atoms with Crippen molar-refractivity contribution in [3.8, 4) is 0 Å². The zero-order valence-electron chi connectivity index (χ0n) is 8.90. The molecule has 1 aromatic rings. The van der Waals surface area contributed by atoms with Gasteiger partial charge < -0.3 is 5.11 Å². The van der Waals surface area contributed by atoms with Crippen LogP contribution in [-0.2, 0) is 5.75 Å². The predicted molar refractivity (Wildman–Crippen MR) is 61.4 cm³/mol. The molecule has 0 fully saturated rings. The van der Waals surface area contributed by atoms with Crippen molar-refractivity contribution in [3.05, 3.63) is 29.6 Å². The molecule has 1 rings (SSSR count). The van der Waals surface area contributed by atoms with Crippen LogP contribution in [-0.4, -0.2) is 21.4 Å². The topological polar surface area (TPSA) is 33.1 Å². The minimum absolute atomic E-state index is 0.252. The Hall–Kier alpha value is -0.540. The van der Waals surface area contributed by atoms with Crippen LogP contribution >= 0.6 is 11.8 Å². The van der Waals surface area contributed by atoms with Gasteiger partial charge in [0.25, 0.3) is 0 Å². The SMILES string of the molecule is Cc1cncc(CSC(C)C(C)O)c1. The molecule has 0 aliphatic heterocycles. The molecule has 0 aliphatic carbocycles. The molecule has 0 spiro atoms. The van der Waals surface area contributed by atoms with Crippen LogP contribution in [0.4, 0.5) is 0 Å². The molecular formula is C11H17NOS. The molecule has 0 amide bonds. The van der Waals surface area contributed by atoms with Gasteiger partial charge in [0.1, 0.15) is 0 Å². The van der Waals surface area contributed by atoms with Crippen LogP contribution < -0.4 is 0 Å². The number of aromatic nitrogens is 1. The van der Waals surface area contributed by atoms with Gasteiger partial charge in [0.2, 0.25) is 0 Å². The van der Waals surface area contributed by atoms with Crippen LogP contribution in [0.2, 0.25) is 0 Å². The molecule has 1 N–H and O–H groups in total. The van der Waals surface area contributed by atoms with Crippen molar-refractivity contribution < 1.29 is 5.11 Å². The van der Waals surface area contributed by atoms with E-state index >= 15 is 0 Å². The van der Waals surface area contributed by atoms with E-state index in [1.54, 1.807) is 11.8 Å². The molecule has 2 atom stereocenters. The summed E-state index contributed by atoms with van der Waals surface area (Å²) in [7, 11) is 0. The maximum Gasteiger partial charge on any atom is 0.0628 e. The lowest BCUT2D eigenvalue weighted by molar-refractivity contribution is 0.196. The summed E-state index contributed by atoms with van der Waals surface area (Å²) in [6, 6.07) is 2.13. The Labute approximate surface area is 89.8 Å². The molecule has 3 heteroatoms. The summed E-state index contributed by atoms with van der Waals surface area (Å²) < 4.78 is 0. The first-order chi connectivity index (χ1) is 6.59. The van der Waals surface area contributed by atoms with Crippen molar-refractivity contribution in [2.75, 3.05) is 0 Å². The van der Waals surface area contributed by atoms with Gasteiger partial charge in [-0.15, -0.1) is 0 Å². The van der Waals surface area contributed by atoms with Gasteiger partial charge in [-0.25, -0.2) is 0 Å². The number of aliphatic hydroxyl groups excluding tert-OH is 1. The lowest BCUT2D eigenvalue weighted by Gasteiger charge is -2.13. The fraction of sp³-hybridized carbons (Fsp3) is 0.545. The van der Waals surface area contributed by atoms with Gasteiger partial charge in [0, 0.05) is 23.4 Å². The highest BCUT2D eigenvalue weighted by molar-refractivity contribution is 7.99. The number of aliphatic hydroxyl groups is 1. The summed E-state index contributed by atoms with van der Waals surface area (Å²) in [5, 5.41) is 9.59. The maximum atomic E-state index is 9.32. The van der Waals surface area contributed by atoms with E-state index < -0.39 is 0 Å². The van der Waals surface area contributed by atoms with Crippen molar-refractivity contribution in [3.63, 3.8) is 0 Å². The smallest absolute Gasteiger partial charge is 0.0628 e. The second-order valence-corrected chi connectivity index (χ2v) is 4.99. The molecule has 0 aromatic carbocycles. The van der Waals surface area contributed by atoms with E-state index in [0.29, 0.717) is 0 Å². The summed E-state index contributed by atoms with van der Waals surface area (Å²) >= 11 is 1.76. The zero-order valence-corrected chi connectivity index (χ0v) is 9.71. The van der Waals surface area contributed by atoms with E-state index in [0.717, 1.165) is 5.75 Å². The normalized spacial score (nSPS) is 15.1. The monoisotopic (exact) mass is 211 g/mol. The van der Waals surface area contributed by atoms with Gasteiger partial charge in [-0.05, 0) is 25.0 Å². The third-order valence-electron chi connectivity index (χ3n) is 2.12. The third kappa shape index (κ3) is 3.68. The second kappa shape index (κ2) is 5.37. The molecule has 0 saturated heterocycles. The molecule has 1 aromatic heterocycles. The van der Waals surface area contributed by atoms with E-state index in [2.05, 4.69) is 11.1 Å². The first kappa shape index (κ1) is 11.5. The molecule has 2 unspecified atom stereocenters. The number of pyridine rings is 1. The highest BCUT2D eigenvalue weighted by Gasteiger charge is 2.08. The number of aryl methyl sites for hydroxylation is 1. The Morgan fingerprint density at radius 1 is 1.43 bits per heavy atom. The highest BCUT2D eigenvalue weighted by Crippen LogP contribution is 2.19. The minimum Gasteiger partial charge on any atom is -0.392 e. The maximum absolute atomic E-state index is 9.32. The first-order valence-electron chi connectivity index (χ1n) is 4.80. The molecular weight excluding hydrogens is 194 g/mol. The van der Waals surface area contributed by atoms with E-state index in [4.69, 9.17) is 0 Å². The molecule has 78 valence electrons. The number of rotatable bonds is 4. The van der Waals surface area contributed by atoms with Crippen LogP contribution in [0.15, 0.2) is 18.5 Å². The van der Waals surface area contributed by atoms with Crippen molar-refractivity contribution in [2.45, 2.75) is 37.9 Å². The average Bonchev–Trinajstić information content (AvgIpc) is 2.14. The summed E-state index contributed by atoms with van der Waals surface area (Å²) in [6.07, 6.45) is 3.49. The van der Waals surface area contributed by atoms with Crippen molar-refractivity contribution >= 4 is 11.8 Å². The van der Waals surface area contributed by atoms with Crippen LogP contribution in [0.5, 0.6) is 0 Å². The molecule has 14 heavy (non-hydrogen) atoms. The zero-order chi connectivity index (χ0) is 10.6. The van der Waals surface area contributed by atoms with E-state index in [1.807, 2.05) is 33.2 Å². The van der Waals surface area contributed by atoms with Gasteiger partial charge in [-0.1, -0.05) is 13.0 Å². The predicted octanol–water partition coefficient (Wildman–Crippen LogP) is 2.39. The van der Waals surface area contributed by atoms with Crippen LogP contribution in [0.1, 0.15) is 25.0 Å². The highest BCUT2D eigenvalue weighted by atomic mass is 32.2. The molecule has 0 radical (unpaired) electrons. The van der Waals surface area contributed by atoms with E-state index in [9.17, 15) is 5.11 Å². The number of hydrogen-bond acceptors (Lipinski definition) is 3. The standard InChI is InChI=1S/C11H17NOS/c1-8-4-11(6-12-5-8)7-14-10(3)9(2)13/h4-6,9-10,13H,7H2,1-3H3. The Kier molecular flexibility index (Phi) is 4.42. The summed E-state index contributed by atoms with van der Waals surface area (Å²) in [5.74, 6) is 0.917. The molecule has 0 bridgehead atoms. The number of hydrogen-bond donors (Lipinski definition) is 1. The summed E-state index contributed by atoms with van der Waals surface area (Å²) in [4.78, 5) is 4.13. The van der Waals surface area contributed by atoms with Crippen LogP contribution in [0, 0.1) is 6.92 Å². The fourth-order valence-corrected chi connectivity index (χ4v) is 1.96. The Bertz CT molecular complexity index is 288. The van der Waals surface area contributed by atoms with E-state index in [-0.39, 0.29) is 11.4 Å². The second-order valence-electron chi connectivity index (χ2n) is 3.63. The first-order valence-corrected chi connectivity index (χ1v) is 5.84. The van der Waals surface area contributed by atoms with Crippen LogP contribution in [0.25, 0.3) is 0 Å². The molecule has 1 heterocycles. The third-order valence-corrected chi connectivity index (χ3v) is 3.54. The fourth-order valence-electron chi connectivity index (χ4n) is 1.06. The van der Waals surface area contributed by atoms with Crippen molar-refractivity contribution in [1.82, 2.24) is 4.98 Å². The quantitative estimate of drug-likeness (QED) is 0.830. The molecule has 2 nitrogen and oxygen atoms in total. The van der Waals surface area contributed by atoms with Gasteiger partial charge in [0.05, 0.1) is 6.10 Å². The minimum atomic E-state index is -0.252. The van der Waals surface area contributed by atoms with Gasteiger partial charge in [0.15, 0.2) is 0 Å². The average molecular weight is 211 g/mol. The summed E-state index contributed by atoms with van der Waals surface area (Å²) in [6.45, 7) is 5.91. The Balaban J connectivity index is 2.45. The Morgan fingerprint density at radius 3 is 2.71 bits per heavy atom. The lowest BCUT2D eigenvalue weighted by atomic mass is 10.2. The number of nitrogens with zero attached hydrogens (tertiary/aromatic N) is 1. The number of thioether (sulfide) groups is 1. The van der Waals surface area contributed by atoms with Gasteiger partial charge >= 0.3 is 0 Å². The molecule has 0 saturated carbocycles.